The van der Waals surface area contributed by atoms with Crippen molar-refractivity contribution in [3.8, 4) is 0 Å². The third-order valence-corrected chi connectivity index (χ3v) is 13.9. The molecule has 0 aromatic rings. The average Bonchev–Trinajstić information content (AvgIpc) is 3.11. The molecule has 2 nitrogen and oxygen atoms in total. The van der Waals surface area contributed by atoms with Gasteiger partial charge in [-0.15, -0.1) is 11.6 Å². The summed E-state index contributed by atoms with van der Waals surface area (Å²) in [7, 11) is 0. The molecule has 6 rings (SSSR count). The fourth-order valence-corrected chi connectivity index (χ4v) is 11.8. The minimum atomic E-state index is -0.790. The summed E-state index contributed by atoms with van der Waals surface area (Å²) in [5.41, 5.74) is -0.323. The number of hydrogen-bond donors (Lipinski definition) is 1. The summed E-state index contributed by atoms with van der Waals surface area (Å²) in [6.45, 7) is 9.48. The first-order chi connectivity index (χ1) is 15.0. The molecule has 2 saturated heterocycles. The van der Waals surface area contributed by atoms with Crippen molar-refractivity contribution in [1.82, 2.24) is 4.90 Å². The largest absolute Gasteiger partial charge is 0.388 e. The van der Waals surface area contributed by atoms with Crippen molar-refractivity contribution in [3.63, 3.8) is 0 Å². The van der Waals surface area contributed by atoms with Crippen molar-refractivity contribution in [2.45, 2.75) is 99.9 Å². The van der Waals surface area contributed by atoms with E-state index in [0.717, 1.165) is 42.4 Å². The highest BCUT2D eigenvalue weighted by Gasteiger charge is 2.66. The second-order valence-corrected chi connectivity index (χ2v) is 15.3. The number of hydrogen-bond acceptors (Lipinski definition) is 2. The normalized spacial score (nSPS) is 59.3. The third-order valence-electron chi connectivity index (χ3n) is 12.1. The van der Waals surface area contributed by atoms with Gasteiger partial charge in [0.25, 0.3) is 0 Å². The molecule has 0 spiro atoms. The summed E-state index contributed by atoms with van der Waals surface area (Å²) in [4.78, 5) is 2.70. The highest BCUT2D eigenvalue weighted by molar-refractivity contribution is 6.52. The van der Waals surface area contributed by atoms with Gasteiger partial charge in [-0.25, -0.2) is 0 Å². The lowest BCUT2D eigenvalue weighted by molar-refractivity contribution is -0.175. The molecule has 182 valence electrons. The van der Waals surface area contributed by atoms with Gasteiger partial charge in [-0.3, -0.25) is 4.90 Å². The van der Waals surface area contributed by atoms with Gasteiger partial charge in [-0.1, -0.05) is 37.0 Å². The zero-order valence-corrected chi connectivity index (χ0v) is 22.3. The molecule has 0 aromatic heterocycles. The van der Waals surface area contributed by atoms with Crippen LogP contribution in [-0.4, -0.2) is 44.4 Å². The Hall–Kier alpha value is 0.790. The Morgan fingerprint density at radius 1 is 0.812 bits per heavy atom. The first-order valence-electron chi connectivity index (χ1n) is 13.5. The molecular formula is C27H42Cl3NO. The quantitative estimate of drug-likeness (QED) is 0.371. The van der Waals surface area contributed by atoms with Crippen LogP contribution in [0.1, 0.15) is 78.6 Å². The zero-order chi connectivity index (χ0) is 22.6. The van der Waals surface area contributed by atoms with Gasteiger partial charge in [-0.05, 0) is 117 Å². The van der Waals surface area contributed by atoms with Crippen molar-refractivity contribution in [2.75, 3.05) is 13.1 Å². The van der Waals surface area contributed by atoms with Gasteiger partial charge >= 0.3 is 0 Å². The highest BCUT2D eigenvalue weighted by atomic mass is 35.5. The van der Waals surface area contributed by atoms with E-state index in [0.29, 0.717) is 23.8 Å². The van der Waals surface area contributed by atoms with Crippen LogP contribution in [0, 0.1) is 52.8 Å². The second kappa shape index (κ2) is 7.64. The number of nitrogens with zero attached hydrogens (tertiary/aromatic N) is 1. The van der Waals surface area contributed by atoms with Crippen molar-refractivity contribution in [2.24, 2.45) is 52.8 Å². The Morgan fingerprint density at radius 2 is 1.56 bits per heavy atom. The smallest absolute Gasteiger partial charge is 0.137 e. The van der Waals surface area contributed by atoms with Crippen molar-refractivity contribution in [1.29, 1.82) is 0 Å². The monoisotopic (exact) mass is 501 g/mol. The van der Waals surface area contributed by atoms with Crippen LogP contribution < -0.4 is 0 Å². The van der Waals surface area contributed by atoms with E-state index in [1.54, 1.807) is 0 Å². The molecule has 32 heavy (non-hydrogen) atoms. The second-order valence-electron chi connectivity index (χ2n) is 13.4. The molecule has 4 aliphatic carbocycles. The third kappa shape index (κ3) is 3.11. The molecule has 1 N–H and O–H groups in total. The number of aliphatic hydroxyl groups is 1. The lowest BCUT2D eigenvalue weighted by atomic mass is 9.52. The van der Waals surface area contributed by atoms with E-state index in [2.05, 4.69) is 25.7 Å². The molecule has 2 aliphatic heterocycles. The molecule has 0 aromatic carbocycles. The highest BCUT2D eigenvalue weighted by Crippen LogP contribution is 2.70. The van der Waals surface area contributed by atoms with E-state index in [4.69, 9.17) is 34.8 Å². The molecular weight excluding hydrogens is 461 g/mol. The van der Waals surface area contributed by atoms with E-state index in [1.807, 2.05) is 0 Å². The number of fused-ring (bicyclic) bond motifs is 8. The molecule has 2 heterocycles. The summed E-state index contributed by atoms with van der Waals surface area (Å²) < 4.78 is -0.790. The van der Waals surface area contributed by atoms with Crippen LogP contribution in [-0.2, 0) is 0 Å². The maximum absolute atomic E-state index is 11.9. The summed E-state index contributed by atoms with van der Waals surface area (Å²) >= 11 is 20.6. The zero-order valence-electron chi connectivity index (χ0n) is 20.1. The fraction of sp³-hybridized carbons (Fsp3) is 1.00. The molecule has 0 unspecified atom stereocenters. The summed E-state index contributed by atoms with van der Waals surface area (Å²) in [5.74, 6) is 5.34. The lowest BCUT2D eigenvalue weighted by Gasteiger charge is -2.60. The van der Waals surface area contributed by atoms with Crippen LogP contribution >= 0.6 is 34.8 Å². The maximum Gasteiger partial charge on any atom is 0.137 e. The first kappa shape index (κ1) is 23.2. The van der Waals surface area contributed by atoms with Gasteiger partial charge in [0.1, 0.15) is 4.33 Å². The van der Waals surface area contributed by atoms with Gasteiger partial charge < -0.3 is 5.11 Å². The van der Waals surface area contributed by atoms with Crippen LogP contribution in [0.15, 0.2) is 0 Å². The van der Waals surface area contributed by atoms with Crippen molar-refractivity contribution < 1.29 is 5.11 Å². The fourth-order valence-electron chi connectivity index (χ4n) is 10.6. The van der Waals surface area contributed by atoms with Gasteiger partial charge in [0.05, 0.1) is 11.0 Å². The predicted molar refractivity (Wildman–Crippen MR) is 133 cm³/mol. The minimum Gasteiger partial charge on any atom is -0.388 e. The minimum absolute atomic E-state index is 0.125. The predicted octanol–water partition coefficient (Wildman–Crippen LogP) is 6.74. The number of rotatable bonds is 0. The van der Waals surface area contributed by atoms with E-state index >= 15 is 0 Å². The van der Waals surface area contributed by atoms with Crippen LogP contribution in [0.2, 0.25) is 0 Å². The number of halogens is 3. The Balaban J connectivity index is 1.30. The van der Waals surface area contributed by atoms with Gasteiger partial charge in [0, 0.05) is 19.1 Å². The van der Waals surface area contributed by atoms with Crippen LogP contribution in [0.5, 0.6) is 0 Å². The van der Waals surface area contributed by atoms with Crippen LogP contribution in [0.25, 0.3) is 0 Å². The topological polar surface area (TPSA) is 23.5 Å². The summed E-state index contributed by atoms with van der Waals surface area (Å²) in [5, 5.41) is 11.7. The van der Waals surface area contributed by atoms with E-state index in [1.165, 1.54) is 58.0 Å². The van der Waals surface area contributed by atoms with E-state index in [-0.39, 0.29) is 10.8 Å². The molecule has 12 atom stereocenters. The van der Waals surface area contributed by atoms with Gasteiger partial charge in [0.2, 0.25) is 0 Å². The van der Waals surface area contributed by atoms with Crippen molar-refractivity contribution >= 4 is 34.8 Å². The van der Waals surface area contributed by atoms with E-state index in [9.17, 15) is 5.11 Å². The number of alkyl halides is 3. The van der Waals surface area contributed by atoms with Crippen LogP contribution in [0.3, 0.4) is 0 Å². The molecule has 6 aliphatic rings. The molecule has 0 amide bonds. The Bertz CT molecular complexity index is 757. The van der Waals surface area contributed by atoms with Crippen molar-refractivity contribution in [3.05, 3.63) is 0 Å². The first-order valence-corrected chi connectivity index (χ1v) is 14.7. The molecule has 6 fully saturated rings. The number of piperidine rings is 2. The lowest BCUT2D eigenvalue weighted by Crippen LogP contribution is -2.67. The molecule has 5 heteroatoms. The summed E-state index contributed by atoms with van der Waals surface area (Å²) in [6, 6.07) is 0.370. The van der Waals surface area contributed by atoms with E-state index < -0.39 is 9.93 Å². The summed E-state index contributed by atoms with van der Waals surface area (Å²) in [6.07, 6.45) is 10.8. The molecule has 0 bridgehead atoms. The SMILES string of the molecule is C[C@H]1CC[C@@H]2N(C1)C[C@H]1[C@H]3C[C@H]4[C@@H](CC[C@H]5C(Cl)(Cl)[C@@H](Cl)CC[C@]45C)[C@@H]3CC[C@@H]1[C@]2(C)O. The molecule has 4 saturated carbocycles. The maximum atomic E-state index is 11.9. The Labute approximate surface area is 210 Å². The molecule has 0 radical (unpaired) electrons. The average molecular weight is 503 g/mol. The van der Waals surface area contributed by atoms with Gasteiger partial charge in [0.15, 0.2) is 0 Å². The Kier molecular flexibility index (Phi) is 5.54. The van der Waals surface area contributed by atoms with Crippen LogP contribution in [0.4, 0.5) is 0 Å². The Morgan fingerprint density at radius 3 is 2.34 bits per heavy atom. The standard InChI is InChI=1S/C27H42Cl3NO/c1-15-4-9-24-26(3,32)20-7-5-16-17-6-8-22-25(2,11-10-23(28)27(22,29)30)21(17)12-18(16)19(20)14-31(24)13-15/h15-24,32H,4-14H2,1-3H3/t15-,16-,17-,18-,19-,20-,21-,22+,23-,24-,25+,26-/m0/s1. The van der Waals surface area contributed by atoms with Gasteiger partial charge in [-0.2, -0.15) is 0 Å².